The molecule has 1 heterocycles. The zero-order valence-corrected chi connectivity index (χ0v) is 12.9. The highest BCUT2D eigenvalue weighted by Gasteiger charge is 2.48. The first kappa shape index (κ1) is 14.3. The van der Waals surface area contributed by atoms with E-state index in [1.807, 2.05) is 0 Å². The Kier molecular flexibility index (Phi) is 3.79. The Balaban J connectivity index is 2.14. The lowest BCUT2D eigenvalue weighted by atomic mass is 9.85. The van der Waals surface area contributed by atoms with Crippen LogP contribution in [-0.4, -0.2) is 54.1 Å². The van der Waals surface area contributed by atoms with Gasteiger partial charge in [-0.2, -0.15) is 0 Å². The van der Waals surface area contributed by atoms with E-state index < -0.39 is 0 Å². The largest absolute Gasteiger partial charge is 0.329 e. The van der Waals surface area contributed by atoms with Gasteiger partial charge in [-0.1, -0.05) is 13.8 Å². The zero-order valence-electron chi connectivity index (χ0n) is 12.9. The first-order chi connectivity index (χ1) is 8.30. The van der Waals surface area contributed by atoms with E-state index in [0.717, 1.165) is 6.54 Å². The molecule has 0 aromatic carbocycles. The van der Waals surface area contributed by atoms with E-state index in [-0.39, 0.29) is 5.54 Å². The van der Waals surface area contributed by atoms with Crippen molar-refractivity contribution >= 4 is 0 Å². The van der Waals surface area contributed by atoms with E-state index in [2.05, 4.69) is 44.5 Å². The summed E-state index contributed by atoms with van der Waals surface area (Å²) >= 11 is 0. The van der Waals surface area contributed by atoms with Gasteiger partial charge in [0.1, 0.15) is 0 Å². The Morgan fingerprint density at radius 2 is 1.67 bits per heavy atom. The molecule has 0 spiro atoms. The third-order valence-corrected chi connectivity index (χ3v) is 5.49. The lowest BCUT2D eigenvalue weighted by Crippen LogP contribution is -2.63. The maximum Gasteiger partial charge on any atom is 0.0338 e. The molecule has 3 nitrogen and oxygen atoms in total. The fraction of sp³-hybridized carbons (Fsp3) is 1.00. The molecule has 3 atom stereocenters. The van der Waals surface area contributed by atoms with Crippen LogP contribution in [0.2, 0.25) is 0 Å². The molecular weight excluding hydrogens is 222 g/mol. The van der Waals surface area contributed by atoms with Crippen LogP contribution in [-0.2, 0) is 0 Å². The summed E-state index contributed by atoms with van der Waals surface area (Å²) in [4.78, 5) is 5.21. The molecule has 3 heteroatoms. The van der Waals surface area contributed by atoms with Gasteiger partial charge >= 0.3 is 0 Å². The molecule has 0 aromatic heterocycles. The second kappa shape index (κ2) is 4.77. The van der Waals surface area contributed by atoms with E-state index >= 15 is 0 Å². The molecular formula is C15H31N3. The van der Waals surface area contributed by atoms with Gasteiger partial charge in [0.05, 0.1) is 0 Å². The number of likely N-dealkylation sites (N-methyl/N-ethyl adjacent to an activating group) is 1. The maximum absolute atomic E-state index is 6.19. The standard InChI is InChI=1S/C15H31N3/c1-12-8-18(9-13(2)17(12)5)15(11-16)7-6-14(3,4)10-15/h12-13H,6-11,16H2,1-5H3. The van der Waals surface area contributed by atoms with Crippen molar-refractivity contribution < 1.29 is 0 Å². The first-order valence-corrected chi connectivity index (χ1v) is 7.47. The summed E-state index contributed by atoms with van der Waals surface area (Å²) in [5.41, 5.74) is 6.93. The Labute approximate surface area is 113 Å². The molecule has 2 rings (SSSR count). The van der Waals surface area contributed by atoms with Gasteiger partial charge in [-0.05, 0) is 45.6 Å². The van der Waals surface area contributed by atoms with Gasteiger partial charge < -0.3 is 5.73 Å². The summed E-state index contributed by atoms with van der Waals surface area (Å²) in [6, 6.07) is 1.28. The molecule has 1 aliphatic carbocycles. The quantitative estimate of drug-likeness (QED) is 0.816. The first-order valence-electron chi connectivity index (χ1n) is 7.47. The summed E-state index contributed by atoms with van der Waals surface area (Å²) in [6.45, 7) is 12.6. The molecule has 1 saturated carbocycles. The molecule has 1 aliphatic heterocycles. The van der Waals surface area contributed by atoms with Crippen molar-refractivity contribution in [3.05, 3.63) is 0 Å². The highest BCUT2D eigenvalue weighted by atomic mass is 15.3. The van der Waals surface area contributed by atoms with Crippen LogP contribution < -0.4 is 5.73 Å². The smallest absolute Gasteiger partial charge is 0.0338 e. The predicted octanol–water partition coefficient (Wildman–Crippen LogP) is 1.92. The molecule has 2 aliphatic rings. The summed E-state index contributed by atoms with van der Waals surface area (Å²) in [5, 5.41) is 0. The molecule has 1 saturated heterocycles. The number of rotatable bonds is 2. The van der Waals surface area contributed by atoms with Gasteiger partial charge in [0.25, 0.3) is 0 Å². The van der Waals surface area contributed by atoms with E-state index in [0.29, 0.717) is 17.5 Å². The van der Waals surface area contributed by atoms with Crippen molar-refractivity contribution in [3.63, 3.8) is 0 Å². The number of piperazine rings is 1. The van der Waals surface area contributed by atoms with Gasteiger partial charge in [0.15, 0.2) is 0 Å². The maximum atomic E-state index is 6.19. The molecule has 2 fully saturated rings. The van der Waals surface area contributed by atoms with E-state index in [1.54, 1.807) is 0 Å². The molecule has 0 aromatic rings. The monoisotopic (exact) mass is 253 g/mol. The summed E-state index contributed by atoms with van der Waals surface area (Å²) < 4.78 is 0. The van der Waals surface area contributed by atoms with Crippen LogP contribution in [0, 0.1) is 5.41 Å². The van der Waals surface area contributed by atoms with E-state index in [9.17, 15) is 0 Å². The van der Waals surface area contributed by atoms with Gasteiger partial charge in [-0.3, -0.25) is 9.80 Å². The third kappa shape index (κ3) is 2.45. The third-order valence-electron chi connectivity index (χ3n) is 5.49. The predicted molar refractivity (Wildman–Crippen MR) is 77.7 cm³/mol. The highest BCUT2D eigenvalue weighted by Crippen LogP contribution is 2.46. The summed E-state index contributed by atoms with van der Waals surface area (Å²) in [7, 11) is 2.25. The fourth-order valence-electron chi connectivity index (χ4n) is 4.00. The topological polar surface area (TPSA) is 32.5 Å². The van der Waals surface area contributed by atoms with Crippen molar-refractivity contribution in [1.82, 2.24) is 9.80 Å². The van der Waals surface area contributed by atoms with Gasteiger partial charge in [0, 0.05) is 37.3 Å². The Morgan fingerprint density at radius 1 is 1.11 bits per heavy atom. The molecule has 0 amide bonds. The van der Waals surface area contributed by atoms with Crippen LogP contribution in [0.15, 0.2) is 0 Å². The van der Waals surface area contributed by atoms with Crippen molar-refractivity contribution in [1.29, 1.82) is 0 Å². The van der Waals surface area contributed by atoms with Crippen LogP contribution in [0.5, 0.6) is 0 Å². The number of hydrogen-bond donors (Lipinski definition) is 1. The summed E-state index contributed by atoms with van der Waals surface area (Å²) in [6.07, 6.45) is 3.86. The van der Waals surface area contributed by atoms with E-state index in [4.69, 9.17) is 5.73 Å². The van der Waals surface area contributed by atoms with Gasteiger partial charge in [-0.25, -0.2) is 0 Å². The van der Waals surface area contributed by atoms with Crippen molar-refractivity contribution in [3.8, 4) is 0 Å². The SMILES string of the molecule is CC1CN(C2(CN)CCC(C)(C)C2)CC(C)N1C. The van der Waals surface area contributed by atoms with Crippen molar-refractivity contribution in [2.24, 2.45) is 11.1 Å². The minimum Gasteiger partial charge on any atom is -0.329 e. The molecule has 0 bridgehead atoms. The minimum atomic E-state index is 0.271. The fourth-order valence-corrected chi connectivity index (χ4v) is 4.00. The molecule has 3 unspecified atom stereocenters. The lowest BCUT2D eigenvalue weighted by Gasteiger charge is -2.50. The van der Waals surface area contributed by atoms with Gasteiger partial charge in [0.2, 0.25) is 0 Å². The van der Waals surface area contributed by atoms with Crippen LogP contribution in [0.25, 0.3) is 0 Å². The average molecular weight is 253 g/mol. The van der Waals surface area contributed by atoms with E-state index in [1.165, 1.54) is 32.4 Å². The lowest BCUT2D eigenvalue weighted by molar-refractivity contribution is -0.0111. The Hall–Kier alpha value is -0.120. The zero-order chi connectivity index (χ0) is 13.6. The van der Waals surface area contributed by atoms with Crippen molar-refractivity contribution in [2.75, 3.05) is 26.7 Å². The number of hydrogen-bond acceptors (Lipinski definition) is 3. The van der Waals surface area contributed by atoms with Crippen LogP contribution in [0.3, 0.4) is 0 Å². The summed E-state index contributed by atoms with van der Waals surface area (Å²) in [5.74, 6) is 0. The molecule has 18 heavy (non-hydrogen) atoms. The average Bonchev–Trinajstić information content (AvgIpc) is 2.62. The van der Waals surface area contributed by atoms with Crippen LogP contribution in [0.1, 0.15) is 47.0 Å². The van der Waals surface area contributed by atoms with Crippen LogP contribution in [0.4, 0.5) is 0 Å². The number of nitrogens with zero attached hydrogens (tertiary/aromatic N) is 2. The second-order valence-electron chi connectivity index (χ2n) is 7.54. The Morgan fingerprint density at radius 3 is 2.06 bits per heavy atom. The minimum absolute atomic E-state index is 0.271. The second-order valence-corrected chi connectivity index (χ2v) is 7.54. The van der Waals surface area contributed by atoms with Crippen LogP contribution >= 0.6 is 0 Å². The molecule has 0 radical (unpaired) electrons. The molecule has 106 valence electrons. The molecule has 2 N–H and O–H groups in total. The number of nitrogens with two attached hydrogens (primary N) is 1. The normalized spacial score (nSPS) is 42.3. The van der Waals surface area contributed by atoms with Crippen molar-refractivity contribution in [2.45, 2.75) is 64.6 Å². The van der Waals surface area contributed by atoms with Gasteiger partial charge in [-0.15, -0.1) is 0 Å². The Bertz CT molecular complexity index is 290. The highest BCUT2D eigenvalue weighted by molar-refractivity contribution is 5.04.